The Morgan fingerprint density at radius 3 is 2.67 bits per heavy atom. The van der Waals surface area contributed by atoms with E-state index in [0.717, 1.165) is 5.57 Å². The minimum absolute atomic E-state index is 0.354. The van der Waals surface area contributed by atoms with Gasteiger partial charge in [-0.15, -0.1) is 11.6 Å². The highest BCUT2D eigenvalue weighted by molar-refractivity contribution is 6.19. The van der Waals surface area contributed by atoms with Gasteiger partial charge in [0.25, 0.3) is 0 Å². The van der Waals surface area contributed by atoms with E-state index < -0.39 is 0 Å². The lowest BCUT2D eigenvalue weighted by Crippen LogP contribution is -1.95. The summed E-state index contributed by atoms with van der Waals surface area (Å²) in [4.78, 5) is 10.4. The quantitative estimate of drug-likeness (QED) is 0.336. The number of alkyl halides is 1. The Bertz CT molecular complexity index is 129. The molecule has 9 heavy (non-hydrogen) atoms. The molecule has 0 rings (SSSR count). The predicted molar refractivity (Wildman–Crippen MR) is 36.5 cm³/mol. The number of carbonyl (C=O) groups excluding carboxylic acids is 1. The Balaban J connectivity index is 3.79. The van der Waals surface area contributed by atoms with Crippen molar-refractivity contribution in [2.24, 2.45) is 0 Å². The number of carbonyl (C=O) groups is 1. The highest BCUT2D eigenvalue weighted by atomic mass is 35.5. The van der Waals surface area contributed by atoms with E-state index in [2.05, 4.69) is 4.74 Å². The fraction of sp³-hybridized carbons (Fsp3) is 0.500. The van der Waals surface area contributed by atoms with Crippen molar-refractivity contribution in [3.8, 4) is 0 Å². The van der Waals surface area contributed by atoms with Crippen LogP contribution in [-0.2, 0) is 9.53 Å². The number of hydrogen-bond donors (Lipinski definition) is 0. The van der Waals surface area contributed by atoms with Crippen LogP contribution in [0.5, 0.6) is 0 Å². The second-order valence-corrected chi connectivity index (χ2v) is 1.91. The van der Waals surface area contributed by atoms with Gasteiger partial charge in [0, 0.05) is 12.0 Å². The lowest BCUT2D eigenvalue weighted by Gasteiger charge is -1.91. The summed E-state index contributed by atoms with van der Waals surface area (Å²) in [5.41, 5.74) is 0.809. The molecule has 0 amide bonds. The van der Waals surface area contributed by atoms with E-state index in [0.29, 0.717) is 5.88 Å². The molecule has 0 saturated carbocycles. The molecule has 0 bridgehead atoms. The van der Waals surface area contributed by atoms with Crippen LogP contribution >= 0.6 is 11.6 Å². The molecule has 0 aliphatic rings. The lowest BCUT2D eigenvalue weighted by molar-refractivity contribution is -0.134. The maximum absolute atomic E-state index is 10.4. The van der Waals surface area contributed by atoms with Crippen LogP contribution in [0.2, 0.25) is 0 Å². The molecule has 0 unspecified atom stereocenters. The van der Waals surface area contributed by atoms with Crippen molar-refractivity contribution < 1.29 is 9.53 Å². The zero-order valence-electron chi connectivity index (χ0n) is 5.48. The van der Waals surface area contributed by atoms with Crippen molar-refractivity contribution in [1.82, 2.24) is 0 Å². The molecule has 2 nitrogen and oxygen atoms in total. The van der Waals surface area contributed by atoms with Crippen LogP contribution in [0.1, 0.15) is 6.92 Å². The Kier molecular flexibility index (Phi) is 4.14. The summed E-state index contributed by atoms with van der Waals surface area (Å²) in [5, 5.41) is 0. The van der Waals surface area contributed by atoms with Gasteiger partial charge in [-0.2, -0.15) is 0 Å². The number of esters is 1. The number of rotatable bonds is 2. The standard InChI is InChI=1S/C6H9ClO2/c1-5(4-7)3-6(8)9-2/h3H,4H2,1-2H3. The van der Waals surface area contributed by atoms with Gasteiger partial charge in [0.15, 0.2) is 0 Å². The van der Waals surface area contributed by atoms with E-state index in [-0.39, 0.29) is 5.97 Å². The summed E-state index contributed by atoms with van der Waals surface area (Å²) in [6.07, 6.45) is 1.37. The molecule has 0 radical (unpaired) electrons. The number of allylic oxidation sites excluding steroid dienone is 1. The Morgan fingerprint density at radius 2 is 2.33 bits per heavy atom. The van der Waals surface area contributed by atoms with Crippen molar-refractivity contribution >= 4 is 17.6 Å². The predicted octanol–water partition coefficient (Wildman–Crippen LogP) is 1.34. The summed E-state index contributed by atoms with van der Waals surface area (Å²) >= 11 is 5.38. The van der Waals surface area contributed by atoms with Crippen LogP contribution < -0.4 is 0 Å². The molecular formula is C6H9ClO2. The van der Waals surface area contributed by atoms with Gasteiger partial charge in [0.2, 0.25) is 0 Å². The summed E-state index contributed by atoms with van der Waals surface area (Å²) in [5.74, 6) is 0.0166. The first-order chi connectivity index (χ1) is 4.20. The zero-order chi connectivity index (χ0) is 7.28. The third-order valence-electron chi connectivity index (χ3n) is 0.776. The number of halogens is 1. The molecule has 0 aliphatic carbocycles. The molecule has 0 saturated heterocycles. The van der Waals surface area contributed by atoms with Gasteiger partial charge in [-0.05, 0) is 6.92 Å². The highest BCUT2D eigenvalue weighted by Crippen LogP contribution is 1.94. The van der Waals surface area contributed by atoms with Crippen molar-refractivity contribution in [3.63, 3.8) is 0 Å². The fourth-order valence-electron chi connectivity index (χ4n) is 0.299. The maximum Gasteiger partial charge on any atom is 0.330 e. The summed E-state index contributed by atoms with van der Waals surface area (Å²) < 4.78 is 4.35. The molecule has 52 valence electrons. The number of methoxy groups -OCH3 is 1. The van der Waals surface area contributed by atoms with E-state index in [1.807, 2.05) is 0 Å². The van der Waals surface area contributed by atoms with Gasteiger partial charge in [-0.1, -0.05) is 5.57 Å². The van der Waals surface area contributed by atoms with Gasteiger partial charge >= 0.3 is 5.97 Å². The summed E-state index contributed by atoms with van der Waals surface area (Å²) in [7, 11) is 1.33. The fourth-order valence-corrected chi connectivity index (χ4v) is 0.376. The molecule has 3 heteroatoms. The smallest absolute Gasteiger partial charge is 0.330 e. The van der Waals surface area contributed by atoms with Gasteiger partial charge < -0.3 is 4.74 Å². The van der Waals surface area contributed by atoms with E-state index >= 15 is 0 Å². The largest absolute Gasteiger partial charge is 0.466 e. The van der Waals surface area contributed by atoms with Gasteiger partial charge in [-0.25, -0.2) is 4.79 Å². The van der Waals surface area contributed by atoms with Crippen LogP contribution in [0.15, 0.2) is 11.6 Å². The molecule has 0 aromatic carbocycles. The Labute approximate surface area is 59.5 Å². The molecule has 0 aromatic heterocycles. The van der Waals surface area contributed by atoms with Crippen molar-refractivity contribution in [2.45, 2.75) is 6.92 Å². The molecule has 0 spiro atoms. The van der Waals surface area contributed by atoms with E-state index in [1.54, 1.807) is 6.92 Å². The topological polar surface area (TPSA) is 26.3 Å². The Hall–Kier alpha value is -0.500. The van der Waals surface area contributed by atoms with E-state index in [9.17, 15) is 4.79 Å². The van der Waals surface area contributed by atoms with Crippen LogP contribution in [0, 0.1) is 0 Å². The van der Waals surface area contributed by atoms with Crippen molar-refractivity contribution in [3.05, 3.63) is 11.6 Å². The first-order valence-electron chi connectivity index (χ1n) is 2.51. The number of hydrogen-bond acceptors (Lipinski definition) is 2. The molecule has 0 aliphatic heterocycles. The van der Waals surface area contributed by atoms with Crippen LogP contribution in [0.4, 0.5) is 0 Å². The normalized spacial score (nSPS) is 11.2. The monoisotopic (exact) mass is 148 g/mol. The van der Waals surface area contributed by atoms with Gasteiger partial charge in [-0.3, -0.25) is 0 Å². The SMILES string of the molecule is COC(=O)C=C(C)CCl. The van der Waals surface area contributed by atoms with E-state index in [1.165, 1.54) is 13.2 Å². The highest BCUT2D eigenvalue weighted by Gasteiger charge is 1.93. The second-order valence-electron chi connectivity index (χ2n) is 1.65. The molecule has 0 N–H and O–H groups in total. The van der Waals surface area contributed by atoms with Crippen molar-refractivity contribution in [1.29, 1.82) is 0 Å². The summed E-state index contributed by atoms with van der Waals surface area (Å²) in [6.45, 7) is 1.77. The first kappa shape index (κ1) is 8.50. The average molecular weight is 149 g/mol. The Morgan fingerprint density at radius 1 is 1.78 bits per heavy atom. The molecule has 0 heterocycles. The van der Waals surface area contributed by atoms with Crippen LogP contribution in [0.3, 0.4) is 0 Å². The minimum Gasteiger partial charge on any atom is -0.466 e. The van der Waals surface area contributed by atoms with Crippen LogP contribution in [0.25, 0.3) is 0 Å². The van der Waals surface area contributed by atoms with Gasteiger partial charge in [0.1, 0.15) is 0 Å². The lowest BCUT2D eigenvalue weighted by atomic mass is 10.3. The first-order valence-corrected chi connectivity index (χ1v) is 3.05. The third-order valence-corrected chi connectivity index (χ3v) is 1.20. The average Bonchev–Trinajstić information content (AvgIpc) is 1.87. The molecule has 0 atom stereocenters. The molecule has 0 fully saturated rings. The van der Waals surface area contributed by atoms with Crippen molar-refractivity contribution in [2.75, 3.05) is 13.0 Å². The third kappa shape index (κ3) is 4.03. The number of ether oxygens (including phenoxy) is 1. The van der Waals surface area contributed by atoms with E-state index in [4.69, 9.17) is 11.6 Å². The minimum atomic E-state index is -0.354. The summed E-state index contributed by atoms with van der Waals surface area (Å²) in [6, 6.07) is 0. The zero-order valence-corrected chi connectivity index (χ0v) is 6.23. The van der Waals surface area contributed by atoms with Crippen LogP contribution in [-0.4, -0.2) is 19.0 Å². The second kappa shape index (κ2) is 4.39. The molecule has 0 aromatic rings. The maximum atomic E-state index is 10.4. The van der Waals surface area contributed by atoms with Gasteiger partial charge in [0.05, 0.1) is 7.11 Å². The molecular weight excluding hydrogens is 140 g/mol.